The van der Waals surface area contributed by atoms with Crippen LogP contribution in [0.2, 0.25) is 0 Å². The van der Waals surface area contributed by atoms with Crippen molar-refractivity contribution in [1.82, 2.24) is 10.3 Å². The average Bonchev–Trinajstić information content (AvgIpc) is 2.18. The molecule has 1 aromatic rings. The van der Waals surface area contributed by atoms with Crippen LogP contribution >= 0.6 is 12.4 Å². The van der Waals surface area contributed by atoms with E-state index in [4.69, 9.17) is 5.73 Å². The quantitative estimate of drug-likeness (QED) is 0.853. The van der Waals surface area contributed by atoms with Gasteiger partial charge in [-0.2, -0.15) is 0 Å². The van der Waals surface area contributed by atoms with E-state index in [2.05, 4.69) is 10.3 Å². The molecule has 5 heteroatoms. The zero-order valence-corrected chi connectivity index (χ0v) is 10.6. The number of hydrogen-bond donors (Lipinski definition) is 2. The van der Waals surface area contributed by atoms with E-state index in [9.17, 15) is 4.79 Å². The van der Waals surface area contributed by atoms with Gasteiger partial charge in [-0.05, 0) is 32.4 Å². The van der Waals surface area contributed by atoms with Crippen LogP contribution in [-0.4, -0.2) is 16.4 Å². The van der Waals surface area contributed by atoms with E-state index in [1.165, 1.54) is 6.20 Å². The molecule has 0 saturated heterocycles. The van der Waals surface area contributed by atoms with Crippen LogP contribution in [0.1, 0.15) is 37.7 Å². The van der Waals surface area contributed by atoms with Crippen molar-refractivity contribution < 1.29 is 4.79 Å². The molecule has 1 aromatic heterocycles. The molecule has 0 atom stereocenters. The number of nitrogens with zero attached hydrogens (tertiary/aromatic N) is 1. The molecule has 4 nitrogen and oxygen atoms in total. The van der Waals surface area contributed by atoms with Crippen molar-refractivity contribution >= 4 is 24.0 Å². The summed E-state index contributed by atoms with van der Waals surface area (Å²) in [6.45, 7) is 5.97. The highest BCUT2D eigenvalue weighted by atomic mass is 35.5. The molecule has 1 amide bonds. The standard InChI is InChI=1S/C11H17N3O.ClH/c1-4-11(2,3)14-10(15)9-6-5-8(12)7-13-9;/h5-7H,4,12H2,1-3H3,(H,14,15);1H. The highest BCUT2D eigenvalue weighted by molar-refractivity contribution is 5.92. The molecular weight excluding hydrogens is 226 g/mol. The van der Waals surface area contributed by atoms with Gasteiger partial charge in [-0.3, -0.25) is 4.79 Å². The first-order chi connectivity index (χ1) is 6.94. The SMILES string of the molecule is CCC(C)(C)NC(=O)c1ccc(N)cn1.Cl. The molecule has 0 aliphatic heterocycles. The maximum absolute atomic E-state index is 11.7. The van der Waals surface area contributed by atoms with Crippen LogP contribution in [0.3, 0.4) is 0 Å². The van der Waals surface area contributed by atoms with E-state index in [-0.39, 0.29) is 23.9 Å². The van der Waals surface area contributed by atoms with Crippen molar-refractivity contribution in [3.63, 3.8) is 0 Å². The zero-order valence-electron chi connectivity index (χ0n) is 9.78. The summed E-state index contributed by atoms with van der Waals surface area (Å²) in [5, 5.41) is 2.90. The van der Waals surface area contributed by atoms with Crippen LogP contribution in [-0.2, 0) is 0 Å². The minimum absolute atomic E-state index is 0. The van der Waals surface area contributed by atoms with Crippen LogP contribution < -0.4 is 11.1 Å². The van der Waals surface area contributed by atoms with Crippen molar-refractivity contribution in [2.24, 2.45) is 0 Å². The van der Waals surface area contributed by atoms with Crippen molar-refractivity contribution in [2.75, 3.05) is 5.73 Å². The first-order valence-electron chi connectivity index (χ1n) is 4.98. The number of nitrogen functional groups attached to an aromatic ring is 1. The molecule has 16 heavy (non-hydrogen) atoms. The maximum atomic E-state index is 11.7. The molecule has 0 radical (unpaired) electrons. The highest BCUT2D eigenvalue weighted by Gasteiger charge is 2.19. The van der Waals surface area contributed by atoms with E-state index < -0.39 is 0 Å². The molecule has 0 unspecified atom stereocenters. The highest BCUT2D eigenvalue weighted by Crippen LogP contribution is 2.09. The Morgan fingerprint density at radius 2 is 2.12 bits per heavy atom. The van der Waals surface area contributed by atoms with Gasteiger partial charge >= 0.3 is 0 Å². The molecule has 0 bridgehead atoms. The van der Waals surface area contributed by atoms with Gasteiger partial charge in [0.05, 0.1) is 11.9 Å². The Kier molecular flexibility index (Phi) is 5.24. The summed E-state index contributed by atoms with van der Waals surface area (Å²) in [5.41, 5.74) is 6.23. The van der Waals surface area contributed by atoms with Crippen molar-refractivity contribution in [1.29, 1.82) is 0 Å². The number of pyridine rings is 1. The Bertz CT molecular complexity index is 349. The number of aromatic nitrogens is 1. The van der Waals surface area contributed by atoms with E-state index in [1.54, 1.807) is 12.1 Å². The normalized spacial score (nSPS) is 10.4. The number of hydrogen-bond acceptors (Lipinski definition) is 3. The minimum atomic E-state index is -0.208. The van der Waals surface area contributed by atoms with Crippen molar-refractivity contribution in [3.8, 4) is 0 Å². The molecular formula is C11H18ClN3O. The summed E-state index contributed by atoms with van der Waals surface area (Å²) in [5.74, 6) is -0.165. The summed E-state index contributed by atoms with van der Waals surface area (Å²) in [7, 11) is 0. The predicted molar refractivity (Wildman–Crippen MR) is 67.7 cm³/mol. The second-order valence-electron chi connectivity index (χ2n) is 4.17. The molecule has 0 aromatic carbocycles. The number of anilines is 1. The molecule has 0 fully saturated rings. The fourth-order valence-electron chi connectivity index (χ4n) is 0.999. The zero-order chi connectivity index (χ0) is 11.5. The number of carbonyl (C=O) groups excluding carboxylic acids is 1. The van der Waals surface area contributed by atoms with Gasteiger partial charge in [-0.25, -0.2) is 4.98 Å². The fourth-order valence-corrected chi connectivity index (χ4v) is 0.999. The van der Waals surface area contributed by atoms with Gasteiger partial charge in [0.25, 0.3) is 5.91 Å². The predicted octanol–water partition coefficient (Wildman–Crippen LogP) is 2.00. The van der Waals surface area contributed by atoms with Crippen LogP contribution in [0.15, 0.2) is 18.3 Å². The van der Waals surface area contributed by atoms with Crippen LogP contribution in [0.4, 0.5) is 5.69 Å². The molecule has 90 valence electrons. The number of amides is 1. The summed E-state index contributed by atoms with van der Waals surface area (Å²) in [4.78, 5) is 15.7. The van der Waals surface area contributed by atoms with Crippen molar-refractivity contribution in [2.45, 2.75) is 32.7 Å². The molecule has 0 aliphatic rings. The van der Waals surface area contributed by atoms with Gasteiger partial charge < -0.3 is 11.1 Å². The maximum Gasteiger partial charge on any atom is 0.270 e. The Morgan fingerprint density at radius 3 is 2.56 bits per heavy atom. The van der Waals surface area contributed by atoms with Crippen molar-refractivity contribution in [3.05, 3.63) is 24.0 Å². The lowest BCUT2D eigenvalue weighted by molar-refractivity contribution is 0.0906. The van der Waals surface area contributed by atoms with Gasteiger partial charge in [-0.1, -0.05) is 6.92 Å². The lowest BCUT2D eigenvalue weighted by Gasteiger charge is -2.24. The van der Waals surface area contributed by atoms with Crippen LogP contribution in [0.25, 0.3) is 0 Å². The van der Waals surface area contributed by atoms with Gasteiger partial charge in [0, 0.05) is 5.54 Å². The molecule has 3 N–H and O–H groups in total. The number of nitrogens with two attached hydrogens (primary N) is 1. The Hall–Kier alpha value is -1.29. The first kappa shape index (κ1) is 14.7. The lowest BCUT2D eigenvalue weighted by Crippen LogP contribution is -2.43. The number of carbonyl (C=O) groups is 1. The molecule has 0 aliphatic carbocycles. The van der Waals surface area contributed by atoms with Crippen LogP contribution in [0.5, 0.6) is 0 Å². The second kappa shape index (κ2) is 5.70. The number of rotatable bonds is 3. The number of halogens is 1. The average molecular weight is 244 g/mol. The van der Waals surface area contributed by atoms with E-state index in [1.807, 2.05) is 20.8 Å². The molecule has 0 spiro atoms. The van der Waals surface area contributed by atoms with Crippen LogP contribution in [0, 0.1) is 0 Å². The van der Waals surface area contributed by atoms with Gasteiger partial charge in [0.1, 0.15) is 5.69 Å². The van der Waals surface area contributed by atoms with E-state index in [0.717, 1.165) is 6.42 Å². The molecule has 1 heterocycles. The fraction of sp³-hybridized carbons (Fsp3) is 0.455. The lowest BCUT2D eigenvalue weighted by atomic mass is 10.0. The monoisotopic (exact) mass is 243 g/mol. The Balaban J connectivity index is 0.00000225. The summed E-state index contributed by atoms with van der Waals surface area (Å²) in [6.07, 6.45) is 2.35. The van der Waals surface area contributed by atoms with E-state index in [0.29, 0.717) is 11.4 Å². The largest absolute Gasteiger partial charge is 0.397 e. The second-order valence-corrected chi connectivity index (χ2v) is 4.17. The van der Waals surface area contributed by atoms with Gasteiger partial charge in [0.15, 0.2) is 0 Å². The third kappa shape index (κ3) is 4.06. The summed E-state index contributed by atoms with van der Waals surface area (Å²) in [6, 6.07) is 3.29. The molecule has 0 saturated carbocycles. The summed E-state index contributed by atoms with van der Waals surface area (Å²) >= 11 is 0. The third-order valence-corrected chi connectivity index (χ3v) is 2.35. The smallest absolute Gasteiger partial charge is 0.270 e. The van der Waals surface area contributed by atoms with E-state index >= 15 is 0 Å². The molecule has 1 rings (SSSR count). The summed E-state index contributed by atoms with van der Waals surface area (Å²) < 4.78 is 0. The first-order valence-corrected chi connectivity index (χ1v) is 4.98. The number of nitrogens with one attached hydrogen (secondary N) is 1. The Morgan fingerprint density at radius 1 is 1.50 bits per heavy atom. The Labute approximate surface area is 102 Å². The third-order valence-electron chi connectivity index (χ3n) is 2.35. The minimum Gasteiger partial charge on any atom is -0.397 e. The topological polar surface area (TPSA) is 68.0 Å². The van der Waals surface area contributed by atoms with Gasteiger partial charge in [-0.15, -0.1) is 12.4 Å². The van der Waals surface area contributed by atoms with Gasteiger partial charge in [0.2, 0.25) is 0 Å².